The van der Waals surface area contributed by atoms with Gasteiger partial charge in [0.05, 0.1) is 0 Å². The molecule has 1 aromatic carbocycles. The molecular weight excluding hydrogens is 256 g/mol. The summed E-state index contributed by atoms with van der Waals surface area (Å²) >= 11 is 0. The zero-order chi connectivity index (χ0) is 14.6. The molecule has 5 heteroatoms. The van der Waals surface area contributed by atoms with Crippen LogP contribution in [0.4, 0.5) is 10.5 Å². The molecule has 108 valence electrons. The molecule has 0 aromatic heterocycles. The topological polar surface area (TPSA) is 78.4 Å². The zero-order valence-electron chi connectivity index (χ0n) is 11.6. The van der Waals surface area contributed by atoms with Crippen molar-refractivity contribution in [2.45, 2.75) is 38.1 Å². The number of hydrogen-bond acceptors (Lipinski definition) is 2. The lowest BCUT2D eigenvalue weighted by Crippen LogP contribution is -2.57. The molecule has 0 radical (unpaired) electrons. The third-order valence-corrected chi connectivity index (χ3v) is 3.92. The van der Waals surface area contributed by atoms with Gasteiger partial charge in [-0.05, 0) is 43.7 Å². The first-order valence-corrected chi connectivity index (χ1v) is 6.89. The van der Waals surface area contributed by atoms with Gasteiger partial charge in [0, 0.05) is 5.69 Å². The summed E-state index contributed by atoms with van der Waals surface area (Å²) < 4.78 is 0. The fourth-order valence-electron chi connectivity index (χ4n) is 2.55. The number of para-hydroxylation sites is 1. The molecule has 1 aliphatic rings. The van der Waals surface area contributed by atoms with Gasteiger partial charge in [-0.15, -0.1) is 0 Å². The molecule has 0 spiro atoms. The van der Waals surface area contributed by atoms with Crippen LogP contribution in [0.15, 0.2) is 30.3 Å². The number of benzene rings is 1. The van der Waals surface area contributed by atoms with E-state index < -0.39 is 17.5 Å². The lowest BCUT2D eigenvalue weighted by molar-refractivity contribution is -0.146. The van der Waals surface area contributed by atoms with Crippen LogP contribution < -0.4 is 10.6 Å². The lowest BCUT2D eigenvalue weighted by Gasteiger charge is -2.36. The van der Waals surface area contributed by atoms with E-state index in [0.717, 1.165) is 12.8 Å². The Morgan fingerprint density at radius 2 is 1.80 bits per heavy atom. The van der Waals surface area contributed by atoms with Gasteiger partial charge in [0.2, 0.25) is 0 Å². The molecule has 2 amide bonds. The van der Waals surface area contributed by atoms with Gasteiger partial charge in [0.15, 0.2) is 0 Å². The molecule has 0 heterocycles. The van der Waals surface area contributed by atoms with E-state index in [-0.39, 0.29) is 0 Å². The predicted octanol–water partition coefficient (Wildman–Crippen LogP) is 2.84. The van der Waals surface area contributed by atoms with Gasteiger partial charge >= 0.3 is 12.0 Å². The summed E-state index contributed by atoms with van der Waals surface area (Å²) in [6.07, 6.45) is 2.59. The maximum absolute atomic E-state index is 12.0. The SMILES string of the molecule is CC1CCC(NC(=O)Nc2ccccc2)(C(=O)O)CC1. The Morgan fingerprint density at radius 1 is 1.20 bits per heavy atom. The summed E-state index contributed by atoms with van der Waals surface area (Å²) in [5, 5.41) is 14.8. The van der Waals surface area contributed by atoms with Crippen molar-refractivity contribution in [2.75, 3.05) is 5.32 Å². The number of urea groups is 1. The average Bonchev–Trinajstić information content (AvgIpc) is 2.42. The number of carbonyl (C=O) groups excluding carboxylic acids is 1. The van der Waals surface area contributed by atoms with E-state index in [0.29, 0.717) is 24.4 Å². The number of nitrogens with one attached hydrogen (secondary N) is 2. The fraction of sp³-hybridized carbons (Fsp3) is 0.467. The maximum Gasteiger partial charge on any atom is 0.329 e. The molecule has 0 bridgehead atoms. The van der Waals surface area contributed by atoms with Crippen LogP contribution in [0.25, 0.3) is 0 Å². The third-order valence-electron chi connectivity index (χ3n) is 3.92. The van der Waals surface area contributed by atoms with Crippen molar-refractivity contribution in [3.63, 3.8) is 0 Å². The second-order valence-corrected chi connectivity index (χ2v) is 5.51. The van der Waals surface area contributed by atoms with E-state index in [4.69, 9.17) is 0 Å². The quantitative estimate of drug-likeness (QED) is 0.794. The monoisotopic (exact) mass is 276 g/mol. The van der Waals surface area contributed by atoms with E-state index >= 15 is 0 Å². The Morgan fingerprint density at radius 3 is 2.35 bits per heavy atom. The van der Waals surface area contributed by atoms with Crippen molar-refractivity contribution in [1.29, 1.82) is 0 Å². The standard InChI is InChI=1S/C15H20N2O3/c1-11-7-9-15(10-8-11,13(18)19)17-14(20)16-12-5-3-2-4-6-12/h2-6,11H,7-10H2,1H3,(H,18,19)(H2,16,17,20). The molecular formula is C15H20N2O3. The zero-order valence-corrected chi connectivity index (χ0v) is 11.6. The second-order valence-electron chi connectivity index (χ2n) is 5.51. The van der Waals surface area contributed by atoms with Gasteiger partial charge < -0.3 is 15.7 Å². The van der Waals surface area contributed by atoms with Crippen molar-refractivity contribution in [2.24, 2.45) is 5.92 Å². The summed E-state index contributed by atoms with van der Waals surface area (Å²) in [6, 6.07) is 8.53. The molecule has 2 rings (SSSR count). The van der Waals surface area contributed by atoms with E-state index in [2.05, 4.69) is 17.6 Å². The molecule has 0 unspecified atom stereocenters. The Balaban J connectivity index is 2.02. The fourth-order valence-corrected chi connectivity index (χ4v) is 2.55. The van der Waals surface area contributed by atoms with Crippen LogP contribution in [0.3, 0.4) is 0 Å². The molecule has 3 N–H and O–H groups in total. The number of carboxylic acids is 1. The molecule has 0 aliphatic heterocycles. The molecule has 20 heavy (non-hydrogen) atoms. The molecule has 1 aromatic rings. The number of carbonyl (C=O) groups is 2. The van der Waals surface area contributed by atoms with Crippen molar-refractivity contribution in [1.82, 2.24) is 5.32 Å². The summed E-state index contributed by atoms with van der Waals surface area (Å²) in [5.74, 6) is -0.436. The van der Waals surface area contributed by atoms with Crippen LogP contribution in [0.1, 0.15) is 32.6 Å². The average molecular weight is 276 g/mol. The Labute approximate surface area is 118 Å². The molecule has 5 nitrogen and oxygen atoms in total. The normalized spacial score (nSPS) is 25.8. The van der Waals surface area contributed by atoms with E-state index in [1.165, 1.54) is 0 Å². The van der Waals surface area contributed by atoms with Crippen LogP contribution in [-0.2, 0) is 4.79 Å². The highest BCUT2D eigenvalue weighted by Crippen LogP contribution is 2.32. The smallest absolute Gasteiger partial charge is 0.329 e. The minimum Gasteiger partial charge on any atom is -0.480 e. The van der Waals surface area contributed by atoms with Gasteiger partial charge in [-0.3, -0.25) is 0 Å². The number of anilines is 1. The van der Waals surface area contributed by atoms with Gasteiger partial charge in [-0.2, -0.15) is 0 Å². The van der Waals surface area contributed by atoms with Crippen molar-refractivity contribution >= 4 is 17.7 Å². The summed E-state index contributed by atoms with van der Waals surface area (Å²) in [5.41, 5.74) is -0.486. The van der Waals surface area contributed by atoms with E-state index in [1.807, 2.05) is 18.2 Å². The number of amides is 2. The molecule has 1 aliphatic carbocycles. The van der Waals surface area contributed by atoms with Crippen LogP contribution >= 0.6 is 0 Å². The van der Waals surface area contributed by atoms with E-state index in [1.54, 1.807) is 12.1 Å². The van der Waals surface area contributed by atoms with Gasteiger partial charge in [0.25, 0.3) is 0 Å². The van der Waals surface area contributed by atoms with Crippen molar-refractivity contribution in [3.05, 3.63) is 30.3 Å². The first kappa shape index (κ1) is 14.4. The molecule has 1 fully saturated rings. The molecule has 0 saturated heterocycles. The molecule has 0 atom stereocenters. The first-order chi connectivity index (χ1) is 9.52. The van der Waals surface area contributed by atoms with Gasteiger partial charge in [-0.1, -0.05) is 25.1 Å². The lowest BCUT2D eigenvalue weighted by atomic mass is 9.77. The van der Waals surface area contributed by atoms with Crippen LogP contribution in [0.5, 0.6) is 0 Å². The minimum atomic E-state index is -1.13. The predicted molar refractivity (Wildman–Crippen MR) is 76.6 cm³/mol. The number of carboxylic acid groups (broad SMARTS) is 1. The van der Waals surface area contributed by atoms with Gasteiger partial charge in [0.1, 0.15) is 5.54 Å². The van der Waals surface area contributed by atoms with Crippen LogP contribution in [0, 0.1) is 5.92 Å². The Bertz CT molecular complexity index is 479. The van der Waals surface area contributed by atoms with Crippen molar-refractivity contribution < 1.29 is 14.7 Å². The van der Waals surface area contributed by atoms with Crippen LogP contribution in [0.2, 0.25) is 0 Å². The number of aliphatic carboxylic acids is 1. The number of rotatable bonds is 3. The third kappa shape index (κ3) is 3.29. The highest BCUT2D eigenvalue weighted by atomic mass is 16.4. The van der Waals surface area contributed by atoms with Gasteiger partial charge in [-0.25, -0.2) is 9.59 Å². The summed E-state index contributed by atoms with van der Waals surface area (Å²) in [4.78, 5) is 23.5. The van der Waals surface area contributed by atoms with E-state index in [9.17, 15) is 14.7 Å². The summed E-state index contributed by atoms with van der Waals surface area (Å²) in [7, 11) is 0. The largest absolute Gasteiger partial charge is 0.480 e. The highest BCUT2D eigenvalue weighted by molar-refractivity contribution is 5.93. The Hall–Kier alpha value is -2.04. The number of hydrogen-bond donors (Lipinski definition) is 3. The Kier molecular flexibility index (Phi) is 4.27. The minimum absolute atomic E-state index is 0.465. The second kappa shape index (κ2) is 5.94. The van der Waals surface area contributed by atoms with Crippen molar-refractivity contribution in [3.8, 4) is 0 Å². The molecule has 1 saturated carbocycles. The maximum atomic E-state index is 12.0. The first-order valence-electron chi connectivity index (χ1n) is 6.89. The summed E-state index contributed by atoms with van der Waals surface area (Å²) in [6.45, 7) is 2.11. The van der Waals surface area contributed by atoms with Crippen LogP contribution in [-0.4, -0.2) is 22.6 Å². The highest BCUT2D eigenvalue weighted by Gasteiger charge is 2.42.